The summed E-state index contributed by atoms with van der Waals surface area (Å²) in [6.45, 7) is 0. The molecule has 1 aromatic rings. The van der Waals surface area contributed by atoms with E-state index in [2.05, 4.69) is 26.2 Å². The molecule has 8 heteroatoms. The molecule has 1 aliphatic heterocycles. The van der Waals surface area contributed by atoms with Gasteiger partial charge in [0.15, 0.2) is 15.0 Å². The van der Waals surface area contributed by atoms with E-state index in [1.54, 1.807) is 6.07 Å². The predicted octanol–water partition coefficient (Wildman–Crippen LogP) is 2.40. The fourth-order valence-electron chi connectivity index (χ4n) is 1.97. The highest BCUT2D eigenvalue weighted by atomic mass is 79.9. The third-order valence-electron chi connectivity index (χ3n) is 2.93. The van der Waals surface area contributed by atoms with Gasteiger partial charge in [-0.2, -0.15) is 0 Å². The van der Waals surface area contributed by atoms with Gasteiger partial charge in [-0.05, 0) is 34.8 Å². The Hall–Kier alpha value is -0.660. The average molecular weight is 368 g/mol. The number of carbonyl (C=O) groups is 1. The van der Waals surface area contributed by atoms with Crippen molar-refractivity contribution in [3.05, 3.63) is 21.9 Å². The summed E-state index contributed by atoms with van der Waals surface area (Å²) in [5.74, 6) is -0.475. The Labute approximate surface area is 124 Å². The maximum absolute atomic E-state index is 12.1. The van der Waals surface area contributed by atoms with Crippen LogP contribution in [0.4, 0.5) is 5.69 Å². The molecule has 1 aromatic heterocycles. The van der Waals surface area contributed by atoms with Crippen molar-refractivity contribution < 1.29 is 13.2 Å². The minimum Gasteiger partial charge on any atom is -0.322 e. The van der Waals surface area contributed by atoms with Crippen molar-refractivity contribution in [1.29, 1.82) is 0 Å². The molecule has 1 saturated heterocycles. The molecule has 0 aromatic carbocycles. The van der Waals surface area contributed by atoms with E-state index in [-0.39, 0.29) is 10.9 Å². The highest BCUT2D eigenvalue weighted by Crippen LogP contribution is 2.25. The zero-order chi connectivity index (χ0) is 14.0. The molecule has 1 atom stereocenters. The van der Waals surface area contributed by atoms with E-state index in [1.807, 2.05) is 0 Å². The second-order valence-corrected chi connectivity index (χ2v) is 7.91. The van der Waals surface area contributed by atoms with Crippen molar-refractivity contribution in [2.45, 2.75) is 24.5 Å². The van der Waals surface area contributed by atoms with Crippen molar-refractivity contribution in [1.82, 2.24) is 4.98 Å². The summed E-state index contributed by atoms with van der Waals surface area (Å²) in [5, 5.41) is 1.67. The van der Waals surface area contributed by atoms with Crippen LogP contribution in [0, 0.1) is 0 Å². The lowest BCUT2D eigenvalue weighted by Gasteiger charge is -2.21. The first-order chi connectivity index (χ1) is 8.90. The molecular weight excluding hydrogens is 356 g/mol. The fourth-order valence-corrected chi connectivity index (χ4v) is 4.26. The molecule has 5 nitrogen and oxygen atoms in total. The number of hydrogen-bond acceptors (Lipinski definition) is 4. The molecule has 0 aliphatic carbocycles. The van der Waals surface area contributed by atoms with Gasteiger partial charge in [-0.3, -0.25) is 4.79 Å². The van der Waals surface area contributed by atoms with Crippen molar-refractivity contribution >= 4 is 49.0 Å². The van der Waals surface area contributed by atoms with Crippen molar-refractivity contribution in [2.75, 3.05) is 11.1 Å². The first kappa shape index (κ1) is 14.7. The van der Waals surface area contributed by atoms with Crippen LogP contribution in [0.1, 0.15) is 19.3 Å². The van der Waals surface area contributed by atoms with Crippen molar-refractivity contribution in [2.24, 2.45) is 0 Å². The lowest BCUT2D eigenvalue weighted by Crippen LogP contribution is -2.39. The van der Waals surface area contributed by atoms with Crippen molar-refractivity contribution in [3.8, 4) is 0 Å². The molecule has 104 valence electrons. The van der Waals surface area contributed by atoms with Gasteiger partial charge < -0.3 is 5.32 Å². The van der Waals surface area contributed by atoms with E-state index in [0.29, 0.717) is 23.0 Å². The number of aromatic nitrogens is 1. The Balaban J connectivity index is 2.19. The van der Waals surface area contributed by atoms with Crippen LogP contribution in [-0.4, -0.2) is 30.3 Å². The van der Waals surface area contributed by atoms with E-state index in [0.717, 1.165) is 6.42 Å². The molecular formula is C11H12BrClN2O3S. The molecule has 0 saturated carbocycles. The molecule has 1 N–H and O–H groups in total. The third kappa shape index (κ3) is 3.46. The number of nitrogens with one attached hydrogen (secondary N) is 1. The number of pyridine rings is 1. The largest absolute Gasteiger partial charge is 0.322 e. The van der Waals surface area contributed by atoms with Gasteiger partial charge in [0, 0.05) is 10.7 Å². The standard InChI is InChI=1S/C11H12BrClN2O3S/c12-7-5-8(10(13)14-6-7)15-11(16)9-3-1-2-4-19(9,17)18/h5-6,9H,1-4H2,(H,15,16). The van der Waals surface area contributed by atoms with Crippen LogP contribution in [0.25, 0.3) is 0 Å². The Bertz CT molecular complexity index is 606. The van der Waals surface area contributed by atoms with E-state index >= 15 is 0 Å². The summed E-state index contributed by atoms with van der Waals surface area (Å²) in [7, 11) is -3.35. The minimum absolute atomic E-state index is 0.0650. The maximum Gasteiger partial charge on any atom is 0.242 e. The van der Waals surface area contributed by atoms with Crippen LogP contribution in [0.2, 0.25) is 5.15 Å². The Morgan fingerprint density at radius 2 is 2.21 bits per heavy atom. The highest BCUT2D eigenvalue weighted by Gasteiger charge is 2.35. The Morgan fingerprint density at radius 1 is 1.47 bits per heavy atom. The molecule has 1 aliphatic rings. The second kappa shape index (κ2) is 5.76. The number of carbonyl (C=O) groups excluding carboxylic acids is 1. The quantitative estimate of drug-likeness (QED) is 0.814. The Morgan fingerprint density at radius 3 is 2.89 bits per heavy atom. The fraction of sp³-hybridized carbons (Fsp3) is 0.455. The second-order valence-electron chi connectivity index (χ2n) is 4.33. The van der Waals surface area contributed by atoms with Gasteiger partial charge in [0.2, 0.25) is 5.91 Å². The number of amides is 1. The first-order valence-corrected chi connectivity index (χ1v) is 8.62. The molecule has 1 fully saturated rings. The summed E-state index contributed by atoms with van der Waals surface area (Å²) < 4.78 is 24.3. The van der Waals surface area contributed by atoms with Crippen LogP contribution < -0.4 is 5.32 Å². The predicted molar refractivity (Wildman–Crippen MR) is 77.0 cm³/mol. The topological polar surface area (TPSA) is 76.1 Å². The van der Waals surface area contributed by atoms with Crippen LogP contribution in [0.15, 0.2) is 16.7 Å². The number of rotatable bonds is 2. The van der Waals surface area contributed by atoms with Gasteiger partial charge in [0.25, 0.3) is 0 Å². The molecule has 1 amide bonds. The zero-order valence-electron chi connectivity index (χ0n) is 9.90. The van der Waals surface area contributed by atoms with Gasteiger partial charge in [-0.15, -0.1) is 0 Å². The van der Waals surface area contributed by atoms with E-state index in [1.165, 1.54) is 6.20 Å². The number of halogens is 2. The van der Waals surface area contributed by atoms with E-state index in [4.69, 9.17) is 11.6 Å². The molecule has 2 rings (SSSR count). The van der Waals surface area contributed by atoms with Crippen LogP contribution in [-0.2, 0) is 14.6 Å². The normalized spacial score (nSPS) is 21.9. The molecule has 0 bridgehead atoms. The summed E-state index contributed by atoms with van der Waals surface area (Å²) >= 11 is 9.07. The summed E-state index contributed by atoms with van der Waals surface area (Å²) in [6.07, 6.45) is 3.20. The monoisotopic (exact) mass is 366 g/mol. The first-order valence-electron chi connectivity index (χ1n) is 5.73. The van der Waals surface area contributed by atoms with E-state index in [9.17, 15) is 13.2 Å². The van der Waals surface area contributed by atoms with Gasteiger partial charge in [-0.1, -0.05) is 18.0 Å². The number of hydrogen-bond donors (Lipinski definition) is 1. The molecule has 0 spiro atoms. The average Bonchev–Trinajstić information content (AvgIpc) is 2.33. The van der Waals surface area contributed by atoms with Crippen LogP contribution >= 0.6 is 27.5 Å². The zero-order valence-corrected chi connectivity index (χ0v) is 13.1. The van der Waals surface area contributed by atoms with Gasteiger partial charge in [0.1, 0.15) is 5.25 Å². The Kier molecular flexibility index (Phi) is 4.47. The lowest BCUT2D eigenvalue weighted by atomic mass is 10.2. The van der Waals surface area contributed by atoms with Crippen LogP contribution in [0.3, 0.4) is 0 Å². The highest BCUT2D eigenvalue weighted by molar-refractivity contribution is 9.10. The summed E-state index contributed by atoms with van der Waals surface area (Å²) in [4.78, 5) is 15.9. The van der Waals surface area contributed by atoms with Crippen molar-refractivity contribution in [3.63, 3.8) is 0 Å². The number of sulfone groups is 1. The maximum atomic E-state index is 12.1. The summed E-state index contributed by atoms with van der Waals surface area (Å²) in [5.41, 5.74) is 0.307. The summed E-state index contributed by atoms with van der Waals surface area (Å²) in [6, 6.07) is 1.59. The lowest BCUT2D eigenvalue weighted by molar-refractivity contribution is -0.116. The van der Waals surface area contributed by atoms with E-state index < -0.39 is 21.0 Å². The SMILES string of the molecule is O=C(Nc1cc(Br)cnc1Cl)C1CCCCS1(=O)=O. The third-order valence-corrected chi connectivity index (χ3v) is 5.84. The number of anilines is 1. The molecule has 1 unspecified atom stereocenters. The van der Waals surface area contributed by atoms with Gasteiger partial charge in [-0.25, -0.2) is 13.4 Å². The molecule has 2 heterocycles. The molecule has 0 radical (unpaired) electrons. The molecule has 19 heavy (non-hydrogen) atoms. The minimum atomic E-state index is -3.35. The van der Waals surface area contributed by atoms with Gasteiger partial charge >= 0.3 is 0 Å². The smallest absolute Gasteiger partial charge is 0.242 e. The number of nitrogens with zero attached hydrogens (tertiary/aromatic N) is 1. The van der Waals surface area contributed by atoms with Gasteiger partial charge in [0.05, 0.1) is 11.4 Å². The van der Waals surface area contributed by atoms with Crippen LogP contribution in [0.5, 0.6) is 0 Å².